The van der Waals surface area contributed by atoms with Crippen LogP contribution in [0.2, 0.25) is 0 Å². The second-order valence-corrected chi connectivity index (χ2v) is 8.88. The zero-order valence-corrected chi connectivity index (χ0v) is 15.9. The van der Waals surface area contributed by atoms with Gasteiger partial charge < -0.3 is 19.5 Å². The average molecular weight is 397 g/mol. The lowest BCUT2D eigenvalue weighted by Crippen LogP contribution is -2.45. The number of ether oxygens (including phenoxy) is 2. The molecule has 0 bridgehead atoms. The molecular formula is C18H23NO7S. The van der Waals surface area contributed by atoms with Crippen LogP contribution >= 0.6 is 0 Å². The molecule has 148 valence electrons. The Balaban J connectivity index is 1.70. The molecule has 1 amide bonds. The molecule has 1 fully saturated rings. The van der Waals surface area contributed by atoms with Crippen LogP contribution in [0.15, 0.2) is 23.1 Å². The third-order valence-electron chi connectivity index (χ3n) is 4.67. The third kappa shape index (κ3) is 4.52. The number of rotatable bonds is 7. The van der Waals surface area contributed by atoms with E-state index in [4.69, 9.17) is 9.47 Å². The second-order valence-electron chi connectivity index (χ2n) is 6.77. The van der Waals surface area contributed by atoms with Crippen molar-refractivity contribution >= 4 is 21.7 Å². The van der Waals surface area contributed by atoms with Crippen molar-refractivity contribution in [1.29, 1.82) is 0 Å². The number of nitrogens with zero attached hydrogens (tertiary/aromatic N) is 1. The summed E-state index contributed by atoms with van der Waals surface area (Å²) in [6.07, 6.45) is 1.95. The van der Waals surface area contributed by atoms with Gasteiger partial charge in [-0.1, -0.05) is 0 Å². The first-order chi connectivity index (χ1) is 12.8. The molecule has 1 aromatic rings. The van der Waals surface area contributed by atoms with Crippen LogP contribution in [0, 0.1) is 0 Å². The molecule has 0 saturated heterocycles. The Morgan fingerprint density at radius 2 is 1.89 bits per heavy atom. The highest BCUT2D eigenvalue weighted by atomic mass is 32.2. The molecule has 1 N–H and O–H groups in total. The van der Waals surface area contributed by atoms with E-state index in [0.717, 1.165) is 12.8 Å². The Morgan fingerprint density at radius 3 is 2.52 bits per heavy atom. The van der Waals surface area contributed by atoms with Gasteiger partial charge in [0.25, 0.3) is 0 Å². The van der Waals surface area contributed by atoms with Gasteiger partial charge >= 0.3 is 5.97 Å². The number of carboxylic acid groups (broad SMARTS) is 1. The van der Waals surface area contributed by atoms with E-state index in [9.17, 15) is 23.1 Å². The SMILES string of the molecule is CC(C(=O)O)N(C(=O)CCS(=O)(=O)c1ccc2c(c1)OCCCO2)C1CC1. The molecule has 27 heavy (non-hydrogen) atoms. The maximum atomic E-state index is 12.6. The number of hydrogen-bond donors (Lipinski definition) is 1. The fourth-order valence-electron chi connectivity index (χ4n) is 3.01. The quantitative estimate of drug-likeness (QED) is 0.742. The third-order valence-corrected chi connectivity index (χ3v) is 6.38. The Labute approximate surface area is 158 Å². The van der Waals surface area contributed by atoms with Gasteiger partial charge in [-0.2, -0.15) is 0 Å². The van der Waals surface area contributed by atoms with E-state index >= 15 is 0 Å². The maximum absolute atomic E-state index is 12.6. The standard InChI is InChI=1S/C18H23NO7S/c1-12(18(21)22)19(13-3-4-13)17(20)7-10-27(23,24)14-5-6-15-16(11-14)26-9-2-8-25-15/h5-6,11-13H,2-4,7-10H2,1H3,(H,21,22). The van der Waals surface area contributed by atoms with E-state index in [1.807, 2.05) is 0 Å². The van der Waals surface area contributed by atoms with Gasteiger partial charge in [0.15, 0.2) is 21.3 Å². The number of fused-ring (bicyclic) bond motifs is 1. The average Bonchev–Trinajstić information content (AvgIpc) is 3.46. The van der Waals surface area contributed by atoms with Gasteiger partial charge in [0.2, 0.25) is 5.91 Å². The van der Waals surface area contributed by atoms with Gasteiger partial charge in [0.05, 0.1) is 23.9 Å². The molecule has 1 heterocycles. The van der Waals surface area contributed by atoms with Gasteiger partial charge in [-0.3, -0.25) is 4.79 Å². The predicted molar refractivity (Wildman–Crippen MR) is 95.7 cm³/mol. The van der Waals surface area contributed by atoms with Gasteiger partial charge in [0, 0.05) is 24.9 Å². The summed E-state index contributed by atoms with van der Waals surface area (Å²) in [5.41, 5.74) is 0. The molecule has 1 saturated carbocycles. The van der Waals surface area contributed by atoms with E-state index in [-0.39, 0.29) is 23.1 Å². The van der Waals surface area contributed by atoms with Crippen molar-refractivity contribution in [2.75, 3.05) is 19.0 Å². The van der Waals surface area contributed by atoms with Crippen molar-refractivity contribution < 1.29 is 32.6 Å². The first-order valence-electron chi connectivity index (χ1n) is 8.96. The number of carbonyl (C=O) groups is 2. The van der Waals surface area contributed by atoms with Crippen molar-refractivity contribution in [2.45, 2.75) is 49.6 Å². The zero-order chi connectivity index (χ0) is 19.6. The highest BCUT2D eigenvalue weighted by Crippen LogP contribution is 2.33. The van der Waals surface area contributed by atoms with Crippen LogP contribution in [-0.2, 0) is 19.4 Å². The van der Waals surface area contributed by atoms with Crippen molar-refractivity contribution in [1.82, 2.24) is 4.90 Å². The highest BCUT2D eigenvalue weighted by Gasteiger charge is 2.38. The largest absolute Gasteiger partial charge is 0.490 e. The van der Waals surface area contributed by atoms with Crippen LogP contribution in [0.5, 0.6) is 11.5 Å². The second kappa shape index (κ2) is 7.75. The lowest BCUT2D eigenvalue weighted by molar-refractivity contribution is -0.149. The first-order valence-corrected chi connectivity index (χ1v) is 10.6. The normalized spacial score (nSPS) is 17.7. The molecule has 1 aromatic carbocycles. The summed E-state index contributed by atoms with van der Waals surface area (Å²) in [6, 6.07) is 3.33. The topological polar surface area (TPSA) is 110 Å². The van der Waals surface area contributed by atoms with Crippen LogP contribution < -0.4 is 9.47 Å². The van der Waals surface area contributed by atoms with E-state index in [1.54, 1.807) is 6.07 Å². The van der Waals surface area contributed by atoms with Crippen LogP contribution in [0.25, 0.3) is 0 Å². The van der Waals surface area contributed by atoms with Crippen molar-refractivity contribution in [3.8, 4) is 11.5 Å². The Morgan fingerprint density at radius 1 is 1.22 bits per heavy atom. The van der Waals surface area contributed by atoms with E-state index in [2.05, 4.69) is 0 Å². The number of carboxylic acids is 1. The van der Waals surface area contributed by atoms with Crippen LogP contribution in [0.1, 0.15) is 32.6 Å². The van der Waals surface area contributed by atoms with E-state index in [1.165, 1.54) is 24.0 Å². The summed E-state index contributed by atoms with van der Waals surface area (Å²) in [5, 5.41) is 9.18. The van der Waals surface area contributed by atoms with Crippen molar-refractivity contribution in [2.24, 2.45) is 0 Å². The van der Waals surface area contributed by atoms with Gasteiger partial charge in [0.1, 0.15) is 6.04 Å². The molecule has 1 unspecified atom stereocenters. The van der Waals surface area contributed by atoms with Crippen molar-refractivity contribution in [3.05, 3.63) is 18.2 Å². The Hall–Kier alpha value is -2.29. The number of carbonyl (C=O) groups excluding carboxylic acids is 1. The van der Waals surface area contributed by atoms with E-state index in [0.29, 0.717) is 31.1 Å². The molecule has 1 aliphatic carbocycles. The fourth-order valence-corrected chi connectivity index (χ4v) is 4.25. The molecule has 3 rings (SSSR count). The van der Waals surface area contributed by atoms with Crippen LogP contribution in [-0.4, -0.2) is 61.4 Å². The molecule has 1 aliphatic heterocycles. The summed E-state index contributed by atoms with van der Waals surface area (Å²) >= 11 is 0. The monoisotopic (exact) mass is 397 g/mol. The minimum atomic E-state index is -3.72. The summed E-state index contributed by atoms with van der Waals surface area (Å²) < 4.78 is 36.3. The van der Waals surface area contributed by atoms with Gasteiger partial charge in [-0.05, 0) is 31.9 Å². The number of aliphatic carboxylic acids is 1. The Bertz CT molecular complexity index is 832. The van der Waals surface area contributed by atoms with Crippen molar-refractivity contribution in [3.63, 3.8) is 0 Å². The molecule has 0 aromatic heterocycles. The molecular weight excluding hydrogens is 374 g/mol. The van der Waals surface area contributed by atoms with Crippen LogP contribution in [0.3, 0.4) is 0 Å². The summed E-state index contributed by atoms with van der Waals surface area (Å²) in [4.78, 5) is 25.1. The Kier molecular flexibility index (Phi) is 5.59. The summed E-state index contributed by atoms with van der Waals surface area (Å²) in [7, 11) is -3.72. The number of benzene rings is 1. The molecule has 0 spiro atoms. The molecule has 2 aliphatic rings. The zero-order valence-electron chi connectivity index (χ0n) is 15.1. The first kappa shape index (κ1) is 19.5. The maximum Gasteiger partial charge on any atom is 0.326 e. The van der Waals surface area contributed by atoms with Crippen LogP contribution in [0.4, 0.5) is 0 Å². The number of sulfone groups is 1. The lowest BCUT2D eigenvalue weighted by atomic mass is 10.2. The highest BCUT2D eigenvalue weighted by molar-refractivity contribution is 7.91. The fraction of sp³-hybridized carbons (Fsp3) is 0.556. The van der Waals surface area contributed by atoms with Gasteiger partial charge in [-0.25, -0.2) is 13.2 Å². The predicted octanol–water partition coefficient (Wildman–Crippen LogP) is 1.48. The minimum Gasteiger partial charge on any atom is -0.490 e. The number of hydrogen-bond acceptors (Lipinski definition) is 6. The van der Waals surface area contributed by atoms with E-state index < -0.39 is 27.8 Å². The summed E-state index contributed by atoms with van der Waals surface area (Å²) in [6.45, 7) is 2.39. The summed E-state index contributed by atoms with van der Waals surface area (Å²) in [5.74, 6) is -1.07. The molecule has 1 atom stereocenters. The minimum absolute atomic E-state index is 0.0591. The number of amides is 1. The van der Waals surface area contributed by atoms with Gasteiger partial charge in [-0.15, -0.1) is 0 Å². The molecule has 0 radical (unpaired) electrons. The molecule has 9 heteroatoms. The smallest absolute Gasteiger partial charge is 0.326 e. The molecule has 8 nitrogen and oxygen atoms in total. The lowest BCUT2D eigenvalue weighted by Gasteiger charge is -2.26.